The highest BCUT2D eigenvalue weighted by Gasteiger charge is 2.36. The van der Waals surface area contributed by atoms with Gasteiger partial charge in [-0.05, 0) is 105 Å². The number of aromatic amines is 1. The van der Waals surface area contributed by atoms with Gasteiger partial charge in [-0.1, -0.05) is 23.7 Å². The molecular formula is C28H30ClN3O2. The van der Waals surface area contributed by atoms with Gasteiger partial charge in [-0.3, -0.25) is 4.90 Å². The summed E-state index contributed by atoms with van der Waals surface area (Å²) in [6.07, 6.45) is 5.55. The second kappa shape index (κ2) is 7.88. The second-order valence-corrected chi connectivity index (χ2v) is 11.2. The number of H-pyrrole nitrogens is 1. The first-order valence-electron chi connectivity index (χ1n) is 12.3. The molecule has 6 rings (SSSR count). The molecule has 0 radical (unpaired) electrons. The van der Waals surface area contributed by atoms with Crippen molar-refractivity contribution in [3.05, 3.63) is 63.6 Å². The molecule has 2 aromatic carbocycles. The van der Waals surface area contributed by atoms with E-state index in [1.807, 2.05) is 31.7 Å². The normalized spacial score (nSPS) is 18.7. The van der Waals surface area contributed by atoms with Gasteiger partial charge in [0.05, 0.1) is 11.7 Å². The van der Waals surface area contributed by atoms with E-state index in [1.54, 1.807) is 0 Å². The van der Waals surface area contributed by atoms with Crippen molar-refractivity contribution in [3.63, 3.8) is 0 Å². The number of rotatable bonds is 1. The molecule has 0 unspecified atom stereocenters. The summed E-state index contributed by atoms with van der Waals surface area (Å²) in [5, 5.41) is 0.807. The van der Waals surface area contributed by atoms with Crippen molar-refractivity contribution in [1.82, 2.24) is 14.9 Å². The molecule has 0 spiro atoms. The van der Waals surface area contributed by atoms with E-state index < -0.39 is 5.60 Å². The Labute approximate surface area is 205 Å². The van der Waals surface area contributed by atoms with Crippen LogP contribution in [-0.4, -0.2) is 33.1 Å². The molecule has 1 N–H and O–H groups in total. The monoisotopic (exact) mass is 475 g/mol. The van der Waals surface area contributed by atoms with E-state index in [0.717, 1.165) is 55.1 Å². The van der Waals surface area contributed by atoms with E-state index in [9.17, 15) is 4.79 Å². The third-order valence-electron chi connectivity index (χ3n) is 7.24. The van der Waals surface area contributed by atoms with Crippen molar-refractivity contribution in [2.75, 3.05) is 6.54 Å². The van der Waals surface area contributed by atoms with Crippen LogP contribution in [0, 0.1) is 0 Å². The van der Waals surface area contributed by atoms with Crippen molar-refractivity contribution in [3.8, 4) is 22.4 Å². The maximum Gasteiger partial charge on any atom is 0.410 e. The fourth-order valence-electron chi connectivity index (χ4n) is 5.72. The number of hydrogen-bond acceptors (Lipinski definition) is 3. The molecule has 3 aliphatic rings. The van der Waals surface area contributed by atoms with Crippen LogP contribution in [0.3, 0.4) is 0 Å². The number of aryl methyl sites for hydroxylation is 4. The highest BCUT2D eigenvalue weighted by molar-refractivity contribution is 6.30. The topological polar surface area (TPSA) is 58.2 Å². The number of nitrogens with zero attached hydrogens (tertiary/aromatic N) is 2. The zero-order chi connectivity index (χ0) is 23.6. The summed E-state index contributed by atoms with van der Waals surface area (Å²) < 4.78 is 5.67. The number of imidazole rings is 1. The molecule has 1 aromatic heterocycles. The van der Waals surface area contributed by atoms with Crippen molar-refractivity contribution >= 4 is 17.7 Å². The number of carbonyl (C=O) groups is 1. The third kappa shape index (κ3) is 3.70. The van der Waals surface area contributed by atoms with Crippen LogP contribution in [0.2, 0.25) is 5.02 Å². The summed E-state index contributed by atoms with van der Waals surface area (Å²) >= 11 is 6.25. The number of nitrogens with one attached hydrogen (secondary N) is 1. The molecule has 0 bridgehead atoms. The Morgan fingerprint density at radius 2 is 1.74 bits per heavy atom. The third-order valence-corrected chi connectivity index (χ3v) is 7.48. The number of amides is 1. The standard InChI is InChI=1S/C28H30ClN3O2/c1-28(2,3)34-27(33)32-12-4-5-24(32)26-30-23-11-8-18-14-21-17(15-22(18)25(23)31-26)7-6-16-13-19(29)9-10-20(16)21/h9-10,13-15,24H,4-8,11-12H2,1-3H3,(H,30,31)/t24-/m0/s1. The Bertz CT molecular complexity index is 1300. The molecule has 0 saturated carbocycles. The molecule has 1 fully saturated rings. The molecule has 5 nitrogen and oxygen atoms in total. The molecule has 2 aliphatic carbocycles. The Kier molecular flexibility index (Phi) is 5.03. The number of carbonyl (C=O) groups excluding carboxylic acids is 1. The van der Waals surface area contributed by atoms with Gasteiger partial charge in [-0.25, -0.2) is 9.78 Å². The van der Waals surface area contributed by atoms with E-state index in [1.165, 1.54) is 39.1 Å². The van der Waals surface area contributed by atoms with E-state index in [-0.39, 0.29) is 12.1 Å². The van der Waals surface area contributed by atoms with Crippen molar-refractivity contribution in [2.24, 2.45) is 0 Å². The van der Waals surface area contributed by atoms with Crippen LogP contribution in [0.15, 0.2) is 30.3 Å². The predicted molar refractivity (Wildman–Crippen MR) is 134 cm³/mol. The van der Waals surface area contributed by atoms with E-state index in [0.29, 0.717) is 6.54 Å². The lowest BCUT2D eigenvalue weighted by atomic mass is 9.81. The predicted octanol–water partition coefficient (Wildman–Crippen LogP) is 6.67. The van der Waals surface area contributed by atoms with Gasteiger partial charge in [0.1, 0.15) is 11.4 Å². The molecule has 1 aliphatic heterocycles. The van der Waals surface area contributed by atoms with Gasteiger partial charge in [-0.2, -0.15) is 0 Å². The number of benzene rings is 2. The smallest absolute Gasteiger partial charge is 0.410 e. The first-order chi connectivity index (χ1) is 16.3. The molecule has 34 heavy (non-hydrogen) atoms. The molecule has 2 heterocycles. The van der Waals surface area contributed by atoms with E-state index >= 15 is 0 Å². The highest BCUT2D eigenvalue weighted by Crippen LogP contribution is 2.42. The van der Waals surface area contributed by atoms with Crippen LogP contribution in [0.1, 0.15) is 67.9 Å². The number of aromatic nitrogens is 2. The number of fused-ring (bicyclic) bond motifs is 6. The van der Waals surface area contributed by atoms with Gasteiger partial charge in [0.2, 0.25) is 0 Å². The van der Waals surface area contributed by atoms with E-state index in [4.69, 9.17) is 21.3 Å². The Hall–Kier alpha value is -2.79. The van der Waals surface area contributed by atoms with Crippen LogP contribution in [0.4, 0.5) is 4.79 Å². The average Bonchev–Trinajstić information content (AvgIpc) is 3.43. The first kappa shape index (κ1) is 21.7. The molecule has 176 valence electrons. The Balaban J connectivity index is 1.35. The summed E-state index contributed by atoms with van der Waals surface area (Å²) in [5.41, 5.74) is 9.67. The quantitative estimate of drug-likeness (QED) is 0.427. The van der Waals surface area contributed by atoms with Gasteiger partial charge in [0.25, 0.3) is 0 Å². The summed E-state index contributed by atoms with van der Waals surface area (Å²) in [7, 11) is 0. The fraction of sp³-hybridized carbons (Fsp3) is 0.429. The number of ether oxygens (including phenoxy) is 1. The second-order valence-electron chi connectivity index (χ2n) is 10.7. The minimum Gasteiger partial charge on any atom is -0.444 e. The average molecular weight is 476 g/mol. The number of hydrogen-bond donors (Lipinski definition) is 1. The van der Waals surface area contributed by atoms with Crippen molar-refractivity contribution in [1.29, 1.82) is 0 Å². The van der Waals surface area contributed by atoms with Crippen LogP contribution in [0.25, 0.3) is 22.4 Å². The zero-order valence-electron chi connectivity index (χ0n) is 20.0. The lowest BCUT2D eigenvalue weighted by Crippen LogP contribution is -2.36. The van der Waals surface area contributed by atoms with Crippen LogP contribution in [-0.2, 0) is 30.4 Å². The lowest BCUT2D eigenvalue weighted by molar-refractivity contribution is 0.0218. The summed E-state index contributed by atoms with van der Waals surface area (Å²) in [4.78, 5) is 23.3. The van der Waals surface area contributed by atoms with Crippen LogP contribution < -0.4 is 0 Å². The zero-order valence-corrected chi connectivity index (χ0v) is 20.8. The highest BCUT2D eigenvalue weighted by atomic mass is 35.5. The maximum absolute atomic E-state index is 12.8. The summed E-state index contributed by atoms with van der Waals surface area (Å²) in [6.45, 7) is 6.43. The van der Waals surface area contributed by atoms with Crippen LogP contribution >= 0.6 is 11.6 Å². The van der Waals surface area contributed by atoms with Crippen molar-refractivity contribution < 1.29 is 9.53 Å². The van der Waals surface area contributed by atoms with Gasteiger partial charge in [0, 0.05) is 22.8 Å². The lowest BCUT2D eigenvalue weighted by Gasteiger charge is -2.27. The summed E-state index contributed by atoms with van der Waals surface area (Å²) in [6, 6.07) is 10.9. The molecule has 3 aromatic rings. The van der Waals surface area contributed by atoms with Gasteiger partial charge < -0.3 is 9.72 Å². The van der Waals surface area contributed by atoms with E-state index in [2.05, 4.69) is 29.2 Å². The molecular weight excluding hydrogens is 446 g/mol. The summed E-state index contributed by atoms with van der Waals surface area (Å²) in [5.74, 6) is 0.888. The minimum atomic E-state index is -0.505. The first-order valence-corrected chi connectivity index (χ1v) is 12.7. The Morgan fingerprint density at radius 3 is 2.53 bits per heavy atom. The minimum absolute atomic E-state index is 0.0573. The number of likely N-dealkylation sites (tertiary alicyclic amines) is 1. The van der Waals surface area contributed by atoms with Gasteiger partial charge >= 0.3 is 6.09 Å². The molecule has 1 amide bonds. The largest absolute Gasteiger partial charge is 0.444 e. The molecule has 1 atom stereocenters. The van der Waals surface area contributed by atoms with Gasteiger partial charge in [-0.15, -0.1) is 0 Å². The number of halogens is 1. The maximum atomic E-state index is 12.8. The van der Waals surface area contributed by atoms with Gasteiger partial charge in [0.15, 0.2) is 0 Å². The SMILES string of the molecule is CC(C)(C)OC(=O)N1CCC[C@H]1c1nc2c([nH]1)CCc1cc3c(cc1-2)CCc1cc(Cl)ccc1-3. The van der Waals surface area contributed by atoms with Crippen molar-refractivity contribution in [2.45, 2.75) is 70.9 Å². The Morgan fingerprint density at radius 1 is 1.03 bits per heavy atom. The fourth-order valence-corrected chi connectivity index (χ4v) is 5.91. The molecule has 6 heteroatoms. The molecule has 1 saturated heterocycles. The van der Waals surface area contributed by atoms with Crippen LogP contribution in [0.5, 0.6) is 0 Å².